The van der Waals surface area contributed by atoms with Gasteiger partial charge in [-0.05, 0) is 109 Å². The van der Waals surface area contributed by atoms with Gasteiger partial charge in [-0.25, -0.2) is 0 Å². The first-order valence-electron chi connectivity index (χ1n) is 21.9. The van der Waals surface area contributed by atoms with Crippen LogP contribution in [0.4, 0.5) is 17.1 Å². The van der Waals surface area contributed by atoms with E-state index in [-0.39, 0.29) is 0 Å². The summed E-state index contributed by atoms with van der Waals surface area (Å²) in [6.07, 6.45) is 0. The molecular formula is C62H41NO. The SMILES string of the molecule is c1ccc(N(c2ccc(-c3cccc4ccccc34)cc2)c2ccc(-c3cccc4c3oc3ccccc34)cc2)c(-c2ccc(-c3ccc(-c4ccc5ccccc5c4)cc3)cc2)c1. The maximum atomic E-state index is 6.46. The highest BCUT2D eigenvalue weighted by Gasteiger charge is 2.19. The lowest BCUT2D eigenvalue weighted by Crippen LogP contribution is -2.11. The maximum absolute atomic E-state index is 6.46. The van der Waals surface area contributed by atoms with Crippen LogP contribution in [0.1, 0.15) is 0 Å². The van der Waals surface area contributed by atoms with Crippen molar-refractivity contribution in [3.63, 3.8) is 0 Å². The summed E-state index contributed by atoms with van der Waals surface area (Å²) >= 11 is 0. The Bertz CT molecular complexity index is 3630. The van der Waals surface area contributed by atoms with Gasteiger partial charge in [-0.1, -0.05) is 206 Å². The first-order chi connectivity index (χ1) is 31.7. The standard InChI is InChI=1S/C62H41NO/c1-2-13-50-41-51(32-29-42(50)11-1)45-25-23-43(24-26-45)44-27-30-48(31-28-44)56-16-5-7-21-60(56)63(52-37-33-47(34-38-52)55-18-9-14-46-12-3-4-15-54(46)55)53-39-35-49(36-40-53)57-19-10-20-59-58-17-6-8-22-61(58)64-62(57)59/h1-41H. The quantitative estimate of drug-likeness (QED) is 0.152. The molecule has 0 N–H and O–H groups in total. The fourth-order valence-electron chi connectivity index (χ4n) is 9.44. The minimum atomic E-state index is 0.902. The van der Waals surface area contributed by atoms with Crippen LogP contribution in [0.3, 0.4) is 0 Å². The van der Waals surface area contributed by atoms with Crippen molar-refractivity contribution in [2.24, 2.45) is 0 Å². The zero-order valence-corrected chi connectivity index (χ0v) is 35.0. The first kappa shape index (κ1) is 37.3. The van der Waals surface area contributed by atoms with Crippen LogP contribution in [0.25, 0.3) is 99.1 Å². The van der Waals surface area contributed by atoms with Crippen LogP contribution in [-0.4, -0.2) is 0 Å². The largest absolute Gasteiger partial charge is 0.455 e. The molecule has 12 aromatic rings. The van der Waals surface area contributed by atoms with Crippen LogP contribution in [0.2, 0.25) is 0 Å². The minimum absolute atomic E-state index is 0.902. The number of nitrogens with zero attached hydrogens (tertiary/aromatic N) is 1. The van der Waals surface area contributed by atoms with E-state index in [2.05, 4.69) is 241 Å². The van der Waals surface area contributed by atoms with Crippen molar-refractivity contribution in [3.05, 3.63) is 249 Å². The van der Waals surface area contributed by atoms with Gasteiger partial charge in [0.25, 0.3) is 0 Å². The Labute approximate surface area is 372 Å². The van der Waals surface area contributed by atoms with Crippen molar-refractivity contribution in [2.45, 2.75) is 0 Å². The van der Waals surface area contributed by atoms with Crippen molar-refractivity contribution in [3.8, 4) is 55.6 Å². The van der Waals surface area contributed by atoms with Crippen molar-refractivity contribution in [1.82, 2.24) is 0 Å². The molecule has 0 saturated carbocycles. The van der Waals surface area contributed by atoms with Crippen LogP contribution in [0.15, 0.2) is 253 Å². The van der Waals surface area contributed by atoms with Gasteiger partial charge in [-0.2, -0.15) is 0 Å². The number of furan rings is 1. The van der Waals surface area contributed by atoms with Crippen LogP contribution in [0, 0.1) is 0 Å². The molecule has 300 valence electrons. The molecule has 0 saturated heterocycles. The summed E-state index contributed by atoms with van der Waals surface area (Å²) in [5, 5.41) is 7.26. The van der Waals surface area contributed by atoms with Crippen molar-refractivity contribution >= 4 is 60.5 Å². The predicted molar refractivity (Wildman–Crippen MR) is 271 cm³/mol. The topological polar surface area (TPSA) is 16.4 Å². The normalized spacial score (nSPS) is 11.4. The second-order valence-electron chi connectivity index (χ2n) is 16.5. The molecule has 1 heterocycles. The molecule has 0 radical (unpaired) electrons. The molecule has 0 unspecified atom stereocenters. The molecule has 0 aliphatic heterocycles. The number of anilines is 3. The van der Waals surface area contributed by atoms with Gasteiger partial charge in [0.15, 0.2) is 0 Å². The first-order valence-corrected chi connectivity index (χ1v) is 21.9. The Morgan fingerprint density at radius 1 is 0.266 bits per heavy atom. The van der Waals surface area contributed by atoms with Gasteiger partial charge >= 0.3 is 0 Å². The van der Waals surface area contributed by atoms with Gasteiger partial charge in [0.1, 0.15) is 11.2 Å². The van der Waals surface area contributed by atoms with Crippen LogP contribution in [0.5, 0.6) is 0 Å². The summed E-state index contributed by atoms with van der Waals surface area (Å²) in [5.41, 5.74) is 16.8. The fourth-order valence-corrected chi connectivity index (χ4v) is 9.44. The van der Waals surface area contributed by atoms with Crippen molar-refractivity contribution in [2.75, 3.05) is 4.90 Å². The second kappa shape index (κ2) is 15.8. The van der Waals surface area contributed by atoms with E-state index in [9.17, 15) is 0 Å². The zero-order valence-electron chi connectivity index (χ0n) is 35.0. The zero-order chi connectivity index (χ0) is 42.4. The van der Waals surface area contributed by atoms with Gasteiger partial charge < -0.3 is 9.32 Å². The summed E-state index contributed by atoms with van der Waals surface area (Å²) in [6.45, 7) is 0. The number of hydrogen-bond donors (Lipinski definition) is 0. The van der Waals surface area contributed by atoms with Crippen LogP contribution in [-0.2, 0) is 0 Å². The third-order valence-corrected chi connectivity index (χ3v) is 12.7. The Hall–Kier alpha value is -8.46. The Morgan fingerprint density at radius 3 is 1.45 bits per heavy atom. The highest BCUT2D eigenvalue weighted by atomic mass is 16.3. The van der Waals surface area contributed by atoms with E-state index in [0.29, 0.717) is 0 Å². The molecule has 2 heteroatoms. The summed E-state index contributed by atoms with van der Waals surface area (Å²) in [7, 11) is 0. The molecule has 12 rings (SSSR count). The monoisotopic (exact) mass is 815 g/mol. The average molecular weight is 816 g/mol. The Morgan fingerprint density at radius 2 is 0.719 bits per heavy atom. The predicted octanol–water partition coefficient (Wildman–Crippen LogP) is 17.7. The van der Waals surface area contributed by atoms with Crippen LogP contribution < -0.4 is 4.90 Å². The summed E-state index contributed by atoms with van der Waals surface area (Å²) < 4.78 is 6.46. The average Bonchev–Trinajstić information content (AvgIpc) is 3.76. The molecule has 0 atom stereocenters. The molecule has 0 amide bonds. The molecule has 0 aliphatic carbocycles. The number of benzene rings is 11. The van der Waals surface area contributed by atoms with E-state index in [0.717, 1.165) is 61.3 Å². The lowest BCUT2D eigenvalue weighted by Gasteiger charge is -2.28. The van der Waals surface area contributed by atoms with E-state index in [1.54, 1.807) is 0 Å². The molecule has 0 bridgehead atoms. The molecule has 11 aromatic carbocycles. The number of fused-ring (bicyclic) bond motifs is 5. The second-order valence-corrected chi connectivity index (χ2v) is 16.5. The number of para-hydroxylation sites is 3. The summed E-state index contributed by atoms with van der Waals surface area (Å²) in [5.74, 6) is 0. The van der Waals surface area contributed by atoms with E-state index in [1.807, 2.05) is 12.1 Å². The third kappa shape index (κ3) is 6.70. The third-order valence-electron chi connectivity index (χ3n) is 12.7. The maximum Gasteiger partial charge on any atom is 0.143 e. The van der Waals surface area contributed by atoms with Gasteiger partial charge in [0, 0.05) is 33.3 Å². The van der Waals surface area contributed by atoms with Gasteiger partial charge in [-0.15, -0.1) is 0 Å². The number of hydrogen-bond acceptors (Lipinski definition) is 2. The van der Waals surface area contributed by atoms with Crippen molar-refractivity contribution in [1.29, 1.82) is 0 Å². The van der Waals surface area contributed by atoms with E-state index < -0.39 is 0 Å². The van der Waals surface area contributed by atoms with E-state index >= 15 is 0 Å². The van der Waals surface area contributed by atoms with E-state index in [4.69, 9.17) is 4.42 Å². The molecule has 1 aromatic heterocycles. The smallest absolute Gasteiger partial charge is 0.143 e. The van der Waals surface area contributed by atoms with Gasteiger partial charge in [-0.3, -0.25) is 0 Å². The Kier molecular flexibility index (Phi) is 9.20. The summed E-state index contributed by atoms with van der Waals surface area (Å²) in [6, 6.07) is 89.6. The molecule has 64 heavy (non-hydrogen) atoms. The highest BCUT2D eigenvalue weighted by Crippen LogP contribution is 2.43. The fraction of sp³-hybridized carbons (Fsp3) is 0. The van der Waals surface area contributed by atoms with Gasteiger partial charge in [0.05, 0.1) is 5.69 Å². The molecular weight excluding hydrogens is 775 g/mol. The van der Waals surface area contributed by atoms with Gasteiger partial charge in [0.2, 0.25) is 0 Å². The molecule has 0 aliphatic rings. The Balaban J connectivity index is 0.913. The van der Waals surface area contributed by atoms with Crippen molar-refractivity contribution < 1.29 is 4.42 Å². The lowest BCUT2D eigenvalue weighted by atomic mass is 9.96. The molecule has 2 nitrogen and oxygen atoms in total. The lowest BCUT2D eigenvalue weighted by molar-refractivity contribution is 0.670. The molecule has 0 fully saturated rings. The molecule has 0 spiro atoms. The van der Waals surface area contributed by atoms with Crippen LogP contribution >= 0.6 is 0 Å². The number of rotatable bonds is 8. The highest BCUT2D eigenvalue weighted by molar-refractivity contribution is 6.09. The van der Waals surface area contributed by atoms with E-state index in [1.165, 1.54) is 54.9 Å². The summed E-state index contributed by atoms with van der Waals surface area (Å²) in [4.78, 5) is 2.38. The minimum Gasteiger partial charge on any atom is -0.455 e.